The number of carbonyl (C=O) groups is 4. The highest BCUT2D eigenvalue weighted by Crippen LogP contribution is 2.33. The third kappa shape index (κ3) is 24.2. The van der Waals surface area contributed by atoms with Crippen LogP contribution in [0.15, 0.2) is 236 Å². The quantitative estimate of drug-likeness (QED) is 0.0221. The third-order valence-electron chi connectivity index (χ3n) is 17.9. The SMILES string of the molecule is COc1ccc(S(=O)(=O)N(CC(=O)O)Cc2ccccc2CN(CC(=O)O)S(=O)(=O)c2ccc(OC)cc2)cc1.COc1ccc(S(=O)(=O)N(Cc2nn[nH]n2)Cc2ccccc2CN(Cc2nn[nH]n2)S(=O)(=O)c2ccc(OC)cc2)cc1.O=C(O)CN(Cc1ccccc1CN(CC(=O)O)S(=O)(=O)c1c(F)cccc1F)S(=O)(=O)c1c(F)cccc1F. The molecule has 0 saturated heterocycles. The highest BCUT2D eigenvalue weighted by Gasteiger charge is 2.38. The van der Waals surface area contributed by atoms with Crippen LogP contribution in [0.4, 0.5) is 17.6 Å². The van der Waals surface area contributed by atoms with E-state index in [0.29, 0.717) is 69.5 Å². The normalized spacial score (nSPS) is 12.0. The summed E-state index contributed by atoms with van der Waals surface area (Å²) in [7, 11) is -21.2. The third-order valence-corrected chi connectivity index (χ3v) is 28.8. The largest absolute Gasteiger partial charge is 0.497 e. The molecule has 0 amide bonds. The fourth-order valence-corrected chi connectivity index (χ4v) is 20.2. The zero-order valence-electron chi connectivity index (χ0n) is 65.4. The van der Waals surface area contributed by atoms with Crippen LogP contribution in [0, 0.1) is 23.3 Å². The fourth-order valence-electron chi connectivity index (χ4n) is 11.8. The molecule has 38 nitrogen and oxygen atoms in total. The van der Waals surface area contributed by atoms with E-state index in [1.807, 2.05) is 0 Å². The maximum atomic E-state index is 14.3. The number of rotatable bonds is 40. The van der Waals surface area contributed by atoms with Crippen molar-refractivity contribution in [3.8, 4) is 23.0 Å². The van der Waals surface area contributed by atoms with Crippen molar-refractivity contribution >= 4 is 84.0 Å². The molecule has 11 rings (SSSR count). The zero-order chi connectivity index (χ0) is 90.5. The second-order valence-corrected chi connectivity index (χ2v) is 37.5. The highest BCUT2D eigenvalue weighted by molar-refractivity contribution is 7.90. The first kappa shape index (κ1) is 95.2. The lowest BCUT2D eigenvalue weighted by Gasteiger charge is -2.25. The molecule has 2 heterocycles. The number of nitrogens with one attached hydrogen (secondary N) is 2. The zero-order valence-corrected chi connectivity index (χ0v) is 70.3. The number of aliphatic carboxylic acids is 4. The summed E-state index contributed by atoms with van der Waals surface area (Å²) in [6.45, 7) is -7.45. The first-order valence-electron chi connectivity index (χ1n) is 35.7. The van der Waals surface area contributed by atoms with Gasteiger partial charge < -0.3 is 39.4 Å². The molecular formula is C76H76F4N14O24S6. The predicted molar refractivity (Wildman–Crippen MR) is 426 cm³/mol. The summed E-state index contributed by atoms with van der Waals surface area (Å²) >= 11 is 0. The Balaban J connectivity index is 0.000000211. The molecule has 0 radical (unpaired) electrons. The molecule has 9 aromatic carbocycles. The summed E-state index contributed by atoms with van der Waals surface area (Å²) < 4.78 is 244. The molecule has 0 aliphatic carbocycles. The topological polar surface area (TPSA) is 519 Å². The van der Waals surface area contributed by atoms with Gasteiger partial charge in [0.1, 0.15) is 72.4 Å². The molecule has 0 bridgehead atoms. The standard InChI is InChI=1S/C26H28N10O6S2.C26H28N2O10S2.C24H20F4N2O8S2/c1-41-21-7-11-23(12-8-21)43(37,38)35(17-25-27-31-32-28-25)15-19-5-3-4-6-20(19)16-36(18-26-29-33-34-30-26)44(39,40)24-13-9-22(42-2)10-14-24;1-37-21-7-11-23(12-8-21)39(33,34)27(17-25(29)30)15-19-5-3-4-6-20(19)16-28(18-26(31)32)40(35,36)24-13-9-22(38-2)10-14-24;25-17-7-3-8-18(26)23(17)39(35,36)29(13-21(31)32)11-15-5-1-2-6-16(15)12-30(14-22(33)34)40(37,38)24-19(27)9-4-10-20(24)28/h3-14H,15-18H2,1-2H3,(H,27,28,31,32)(H,29,30,33,34);3-14H,15-18H2,1-2H3,(H,29,30)(H,31,32);1-10H,11-14H2,(H,31,32)(H,33,34). The van der Waals surface area contributed by atoms with Gasteiger partial charge in [0.2, 0.25) is 60.1 Å². The number of nitrogens with zero attached hydrogens (tertiary/aromatic N) is 12. The number of carboxylic acids is 4. The van der Waals surface area contributed by atoms with Crippen molar-refractivity contribution in [2.45, 2.75) is 81.7 Å². The molecule has 658 valence electrons. The number of carboxylic acid groups (broad SMARTS) is 4. The minimum absolute atomic E-state index is 0.0279. The van der Waals surface area contributed by atoms with E-state index >= 15 is 0 Å². The van der Waals surface area contributed by atoms with E-state index in [9.17, 15) is 108 Å². The van der Waals surface area contributed by atoms with E-state index in [-0.39, 0.29) is 77.1 Å². The molecule has 11 aromatic rings. The number of sulfonamides is 6. The van der Waals surface area contributed by atoms with Gasteiger partial charge >= 0.3 is 23.9 Å². The smallest absolute Gasteiger partial charge is 0.318 e. The number of hydrogen-bond acceptors (Lipinski definition) is 26. The summed E-state index contributed by atoms with van der Waals surface area (Å²) in [4.78, 5) is 43.0. The average molecular weight is 1840 g/mol. The van der Waals surface area contributed by atoms with Gasteiger partial charge in [0, 0.05) is 39.3 Å². The Kier molecular flexibility index (Phi) is 32.2. The highest BCUT2D eigenvalue weighted by atomic mass is 32.2. The Morgan fingerprint density at radius 1 is 0.290 bits per heavy atom. The van der Waals surface area contributed by atoms with Gasteiger partial charge in [-0.25, -0.2) is 68.1 Å². The van der Waals surface area contributed by atoms with Crippen LogP contribution in [0.5, 0.6) is 23.0 Å². The summed E-state index contributed by atoms with van der Waals surface area (Å²) in [5.74, 6) is -10.0. The molecule has 0 fully saturated rings. The number of hydrogen-bond donors (Lipinski definition) is 6. The van der Waals surface area contributed by atoms with Crippen LogP contribution in [0.1, 0.15) is 45.0 Å². The van der Waals surface area contributed by atoms with Gasteiger partial charge in [-0.05, 0) is 155 Å². The van der Waals surface area contributed by atoms with Gasteiger partial charge in [-0.15, -0.1) is 20.4 Å². The molecule has 124 heavy (non-hydrogen) atoms. The number of aromatic amines is 2. The van der Waals surface area contributed by atoms with Crippen molar-refractivity contribution in [1.82, 2.24) is 67.1 Å². The first-order valence-corrected chi connectivity index (χ1v) is 44.4. The number of methoxy groups -OCH3 is 4. The molecule has 0 aliphatic rings. The van der Waals surface area contributed by atoms with Crippen molar-refractivity contribution < 1.29 is 127 Å². The Hall–Kier alpha value is -12.6. The Morgan fingerprint density at radius 2 is 0.492 bits per heavy atom. The molecule has 2 aromatic heterocycles. The molecule has 0 saturated carbocycles. The summed E-state index contributed by atoms with van der Waals surface area (Å²) in [6, 6.07) is 45.5. The lowest BCUT2D eigenvalue weighted by Crippen LogP contribution is -2.38. The molecule has 6 N–H and O–H groups in total. The fraction of sp³-hybridized carbons (Fsp3) is 0.211. The number of ether oxygens (including phenoxy) is 4. The molecule has 0 unspecified atom stereocenters. The first-order chi connectivity index (χ1) is 58.7. The monoisotopic (exact) mass is 1840 g/mol. The molecule has 0 spiro atoms. The van der Waals surface area contributed by atoms with Gasteiger partial charge in [-0.1, -0.05) is 95.4 Å². The lowest BCUT2D eigenvalue weighted by molar-refractivity contribution is -0.138. The van der Waals surface area contributed by atoms with E-state index in [4.69, 9.17) is 18.9 Å². The number of aromatic nitrogens is 8. The van der Waals surface area contributed by atoms with Gasteiger partial charge in [0.15, 0.2) is 21.4 Å². The second-order valence-electron chi connectivity index (χ2n) is 26.0. The van der Waals surface area contributed by atoms with Crippen LogP contribution in [-0.4, -0.2) is 217 Å². The van der Waals surface area contributed by atoms with E-state index in [0.717, 1.165) is 20.7 Å². The van der Waals surface area contributed by atoms with E-state index in [1.54, 1.807) is 60.7 Å². The van der Waals surface area contributed by atoms with Crippen molar-refractivity contribution in [3.05, 3.63) is 275 Å². The van der Waals surface area contributed by atoms with Crippen LogP contribution >= 0.6 is 0 Å². The Labute approximate surface area is 707 Å². The van der Waals surface area contributed by atoms with Crippen LogP contribution in [-0.2, 0) is 132 Å². The molecule has 48 heteroatoms. The van der Waals surface area contributed by atoms with Crippen LogP contribution in [0.25, 0.3) is 0 Å². The summed E-state index contributed by atoms with van der Waals surface area (Å²) in [5.41, 5.74) is 1.50. The van der Waals surface area contributed by atoms with Crippen molar-refractivity contribution in [3.63, 3.8) is 0 Å². The van der Waals surface area contributed by atoms with E-state index in [1.165, 1.54) is 146 Å². The lowest BCUT2D eigenvalue weighted by atomic mass is 10.1. The van der Waals surface area contributed by atoms with Crippen LogP contribution < -0.4 is 18.9 Å². The van der Waals surface area contributed by atoms with Gasteiger partial charge in [0.05, 0.1) is 61.1 Å². The van der Waals surface area contributed by atoms with Gasteiger partial charge in [0.25, 0.3) is 0 Å². The van der Waals surface area contributed by atoms with Gasteiger partial charge in [-0.3, -0.25) is 19.2 Å². The number of halogens is 4. The van der Waals surface area contributed by atoms with Crippen LogP contribution in [0.3, 0.4) is 0 Å². The van der Waals surface area contributed by atoms with Crippen molar-refractivity contribution in [2.24, 2.45) is 0 Å². The number of benzene rings is 9. The second kappa shape index (κ2) is 42.0. The number of H-pyrrole nitrogens is 2. The summed E-state index contributed by atoms with van der Waals surface area (Å²) in [6.07, 6.45) is 0. The van der Waals surface area contributed by atoms with E-state index in [2.05, 4.69) is 41.2 Å². The maximum Gasteiger partial charge on any atom is 0.318 e. The molecule has 0 aliphatic heterocycles. The predicted octanol–water partition coefficient (Wildman–Crippen LogP) is 6.56. The Bertz CT molecular complexity index is 5890. The van der Waals surface area contributed by atoms with Gasteiger partial charge in [-0.2, -0.15) is 36.3 Å². The minimum Gasteiger partial charge on any atom is -0.497 e. The minimum atomic E-state index is -5.13. The number of tetrazole rings is 2. The maximum absolute atomic E-state index is 14.3. The molecular weight excluding hydrogens is 1760 g/mol. The average Bonchev–Trinajstić information content (AvgIpc) is 0.883. The van der Waals surface area contributed by atoms with E-state index < -0.39 is 169 Å². The van der Waals surface area contributed by atoms with Crippen molar-refractivity contribution in [2.75, 3.05) is 54.6 Å². The Morgan fingerprint density at radius 3 is 0.685 bits per heavy atom. The summed E-state index contributed by atoms with van der Waals surface area (Å²) in [5, 5.41) is 65.0. The van der Waals surface area contributed by atoms with Crippen molar-refractivity contribution in [1.29, 1.82) is 0 Å². The van der Waals surface area contributed by atoms with Crippen LogP contribution in [0.2, 0.25) is 0 Å². The molecule has 0 atom stereocenters.